The lowest BCUT2D eigenvalue weighted by molar-refractivity contribution is 0.0806. The highest BCUT2D eigenvalue weighted by Crippen LogP contribution is 2.27. The van der Waals surface area contributed by atoms with Gasteiger partial charge in [0.05, 0.1) is 6.10 Å². The van der Waals surface area contributed by atoms with E-state index in [1.165, 1.54) is 96.3 Å². The largest absolute Gasteiger partial charge is 0.393 e. The summed E-state index contributed by atoms with van der Waals surface area (Å²) in [5.74, 6) is 0.611. The summed E-state index contributed by atoms with van der Waals surface area (Å²) in [6, 6.07) is 0. The molecular weight excluding hydrogens is 244 g/mol. The van der Waals surface area contributed by atoms with Gasteiger partial charge in [0.2, 0.25) is 0 Å². The van der Waals surface area contributed by atoms with Crippen molar-refractivity contribution in [3.8, 4) is 0 Å². The van der Waals surface area contributed by atoms with Gasteiger partial charge in [-0.1, -0.05) is 90.4 Å². The van der Waals surface area contributed by atoms with Crippen LogP contribution in [0.15, 0.2) is 0 Å². The zero-order valence-corrected chi connectivity index (χ0v) is 13.9. The predicted octanol–water partition coefficient (Wildman–Crippen LogP) is 6.24. The molecule has 0 bridgehead atoms. The molecule has 1 heteroatoms. The number of aliphatic hydroxyl groups excluding tert-OH is 1. The van der Waals surface area contributed by atoms with Crippen molar-refractivity contribution in [2.75, 3.05) is 0 Å². The number of unbranched alkanes of at least 4 members (excludes halogenated alkanes) is 7. The molecule has 0 heterocycles. The highest BCUT2D eigenvalue weighted by atomic mass is 16.3. The van der Waals surface area contributed by atoms with E-state index in [2.05, 4.69) is 6.92 Å². The number of rotatable bonds is 10. The van der Waals surface area contributed by atoms with E-state index in [0.29, 0.717) is 5.92 Å². The third kappa shape index (κ3) is 9.00. The standard InChI is InChI=1S/C19H38O/c1-2-3-4-5-6-7-11-14-17-19(20)18-15-12-9-8-10-13-16-18/h18-20H,2-17H2,1H3. The molecule has 0 aromatic heterocycles. The van der Waals surface area contributed by atoms with Gasteiger partial charge in [-0.25, -0.2) is 0 Å². The summed E-state index contributed by atoms with van der Waals surface area (Å²) < 4.78 is 0. The Morgan fingerprint density at radius 2 is 1.25 bits per heavy atom. The van der Waals surface area contributed by atoms with E-state index in [4.69, 9.17) is 0 Å². The van der Waals surface area contributed by atoms with Crippen LogP contribution < -0.4 is 0 Å². The third-order valence-corrected chi connectivity index (χ3v) is 5.05. The summed E-state index contributed by atoms with van der Waals surface area (Å²) >= 11 is 0. The molecule has 1 N–H and O–H groups in total. The Labute approximate surface area is 127 Å². The fourth-order valence-corrected chi connectivity index (χ4v) is 3.60. The molecule has 0 aliphatic heterocycles. The second-order valence-electron chi connectivity index (χ2n) is 6.94. The summed E-state index contributed by atoms with van der Waals surface area (Å²) in [4.78, 5) is 0. The van der Waals surface area contributed by atoms with Crippen LogP contribution in [0.2, 0.25) is 0 Å². The van der Waals surface area contributed by atoms with Crippen molar-refractivity contribution < 1.29 is 5.11 Å². The molecule has 0 spiro atoms. The van der Waals surface area contributed by atoms with Gasteiger partial charge in [0.25, 0.3) is 0 Å². The minimum Gasteiger partial charge on any atom is -0.393 e. The zero-order valence-electron chi connectivity index (χ0n) is 13.9. The Kier molecular flexibility index (Phi) is 11.4. The number of hydrogen-bond acceptors (Lipinski definition) is 1. The number of aliphatic hydroxyl groups is 1. The second kappa shape index (κ2) is 12.7. The molecule has 1 atom stereocenters. The number of hydrogen-bond donors (Lipinski definition) is 1. The van der Waals surface area contributed by atoms with Gasteiger partial charge in [-0.15, -0.1) is 0 Å². The van der Waals surface area contributed by atoms with Crippen LogP contribution in [0, 0.1) is 5.92 Å². The summed E-state index contributed by atoms with van der Waals surface area (Å²) in [6.07, 6.45) is 21.4. The molecule has 0 aromatic carbocycles. The van der Waals surface area contributed by atoms with Crippen molar-refractivity contribution >= 4 is 0 Å². The molecule has 0 saturated heterocycles. The van der Waals surface area contributed by atoms with Crippen LogP contribution in [0.4, 0.5) is 0 Å². The van der Waals surface area contributed by atoms with Crippen molar-refractivity contribution in [3.63, 3.8) is 0 Å². The Hall–Kier alpha value is -0.0400. The van der Waals surface area contributed by atoms with Gasteiger partial charge >= 0.3 is 0 Å². The van der Waals surface area contributed by atoms with Crippen molar-refractivity contribution in [3.05, 3.63) is 0 Å². The highest BCUT2D eigenvalue weighted by molar-refractivity contribution is 4.71. The summed E-state index contributed by atoms with van der Waals surface area (Å²) in [6.45, 7) is 2.27. The second-order valence-corrected chi connectivity index (χ2v) is 6.94. The molecule has 1 nitrogen and oxygen atoms in total. The molecule has 1 aliphatic carbocycles. The maximum absolute atomic E-state index is 10.4. The lowest BCUT2D eigenvalue weighted by Gasteiger charge is -2.24. The lowest BCUT2D eigenvalue weighted by atomic mass is 9.85. The molecule has 1 aliphatic rings. The Morgan fingerprint density at radius 3 is 1.85 bits per heavy atom. The van der Waals surface area contributed by atoms with Crippen molar-refractivity contribution in [1.82, 2.24) is 0 Å². The Bertz CT molecular complexity index is 194. The van der Waals surface area contributed by atoms with Gasteiger partial charge in [-0.3, -0.25) is 0 Å². The van der Waals surface area contributed by atoms with Gasteiger partial charge in [0, 0.05) is 0 Å². The average Bonchev–Trinajstić information content (AvgIpc) is 2.41. The Morgan fingerprint density at radius 1 is 0.750 bits per heavy atom. The smallest absolute Gasteiger partial charge is 0.0568 e. The predicted molar refractivity (Wildman–Crippen MR) is 89.0 cm³/mol. The molecule has 1 saturated carbocycles. The molecule has 120 valence electrons. The van der Waals surface area contributed by atoms with Gasteiger partial charge in [0.15, 0.2) is 0 Å². The first-order valence-electron chi connectivity index (χ1n) is 9.52. The van der Waals surface area contributed by atoms with Crippen LogP contribution in [0.25, 0.3) is 0 Å². The van der Waals surface area contributed by atoms with Crippen LogP contribution in [-0.4, -0.2) is 11.2 Å². The fourth-order valence-electron chi connectivity index (χ4n) is 3.60. The maximum atomic E-state index is 10.4. The minimum absolute atomic E-state index is 0.00630. The van der Waals surface area contributed by atoms with Gasteiger partial charge in [-0.05, 0) is 25.2 Å². The molecule has 0 amide bonds. The van der Waals surface area contributed by atoms with E-state index >= 15 is 0 Å². The molecule has 0 aromatic rings. The normalized spacial score (nSPS) is 19.5. The van der Waals surface area contributed by atoms with Crippen molar-refractivity contribution in [2.45, 2.75) is 116 Å². The Balaban J connectivity index is 1.96. The van der Waals surface area contributed by atoms with Crippen molar-refractivity contribution in [1.29, 1.82) is 0 Å². The zero-order chi connectivity index (χ0) is 14.5. The molecular formula is C19H38O. The summed E-state index contributed by atoms with van der Waals surface area (Å²) in [7, 11) is 0. The van der Waals surface area contributed by atoms with Crippen LogP contribution in [0.3, 0.4) is 0 Å². The quantitative estimate of drug-likeness (QED) is 0.470. The van der Waals surface area contributed by atoms with E-state index < -0.39 is 0 Å². The first-order valence-corrected chi connectivity index (χ1v) is 9.52. The van der Waals surface area contributed by atoms with Crippen LogP contribution in [0.1, 0.15) is 110 Å². The van der Waals surface area contributed by atoms with Crippen LogP contribution >= 0.6 is 0 Å². The first-order chi connectivity index (χ1) is 9.84. The molecule has 20 heavy (non-hydrogen) atoms. The van der Waals surface area contributed by atoms with Crippen LogP contribution in [0.5, 0.6) is 0 Å². The SMILES string of the molecule is CCCCCCCCCCC(O)C1CCCCCCC1. The average molecular weight is 283 g/mol. The van der Waals surface area contributed by atoms with Crippen molar-refractivity contribution in [2.24, 2.45) is 5.92 Å². The van der Waals surface area contributed by atoms with E-state index in [0.717, 1.165) is 6.42 Å². The monoisotopic (exact) mass is 282 g/mol. The van der Waals surface area contributed by atoms with E-state index in [9.17, 15) is 5.11 Å². The van der Waals surface area contributed by atoms with Gasteiger partial charge < -0.3 is 5.11 Å². The maximum Gasteiger partial charge on any atom is 0.0568 e. The summed E-state index contributed by atoms with van der Waals surface area (Å²) in [5, 5.41) is 10.4. The topological polar surface area (TPSA) is 20.2 Å². The molecule has 0 radical (unpaired) electrons. The summed E-state index contributed by atoms with van der Waals surface area (Å²) in [5.41, 5.74) is 0. The molecule has 1 fully saturated rings. The first kappa shape index (κ1) is 18.0. The lowest BCUT2D eigenvalue weighted by Crippen LogP contribution is -2.21. The fraction of sp³-hybridized carbons (Fsp3) is 1.00. The highest BCUT2D eigenvalue weighted by Gasteiger charge is 2.19. The van der Waals surface area contributed by atoms with E-state index in [-0.39, 0.29) is 6.10 Å². The molecule has 1 unspecified atom stereocenters. The van der Waals surface area contributed by atoms with Gasteiger partial charge in [0.1, 0.15) is 0 Å². The van der Waals surface area contributed by atoms with E-state index in [1.807, 2.05) is 0 Å². The van der Waals surface area contributed by atoms with E-state index in [1.54, 1.807) is 0 Å². The molecule has 1 rings (SSSR count). The van der Waals surface area contributed by atoms with Gasteiger partial charge in [-0.2, -0.15) is 0 Å². The minimum atomic E-state index is -0.00630. The van der Waals surface area contributed by atoms with Crippen LogP contribution in [-0.2, 0) is 0 Å². The third-order valence-electron chi connectivity index (χ3n) is 5.05.